The number of ether oxygens (including phenoxy) is 1. The molecule has 1 heterocycles. The van der Waals surface area contributed by atoms with Crippen molar-refractivity contribution in [1.29, 1.82) is 0 Å². The van der Waals surface area contributed by atoms with Gasteiger partial charge in [-0.2, -0.15) is 0 Å². The SMILES string of the molecule is COCCCN1C(=O)C(c2ccccc2)NC(=O)C1(C)C. The molecule has 1 aliphatic rings. The average Bonchev–Trinajstić information content (AvgIpc) is 2.47. The fourth-order valence-electron chi connectivity index (χ4n) is 2.55. The van der Waals surface area contributed by atoms with Gasteiger partial charge in [-0.1, -0.05) is 30.3 Å². The number of nitrogens with zero attached hydrogens (tertiary/aromatic N) is 1. The van der Waals surface area contributed by atoms with Gasteiger partial charge in [-0.15, -0.1) is 0 Å². The minimum atomic E-state index is -0.837. The van der Waals surface area contributed by atoms with Crippen LogP contribution in [0.15, 0.2) is 30.3 Å². The number of piperazine rings is 1. The second kappa shape index (κ2) is 6.26. The highest BCUT2D eigenvalue weighted by molar-refractivity contribution is 5.99. The number of benzene rings is 1. The molecule has 0 spiro atoms. The lowest BCUT2D eigenvalue weighted by Crippen LogP contribution is -2.65. The van der Waals surface area contributed by atoms with Crippen LogP contribution in [0.5, 0.6) is 0 Å². The first-order valence-electron chi connectivity index (χ1n) is 7.15. The number of nitrogens with one attached hydrogen (secondary N) is 1. The van der Waals surface area contributed by atoms with Gasteiger partial charge >= 0.3 is 0 Å². The van der Waals surface area contributed by atoms with Gasteiger partial charge in [-0.25, -0.2) is 0 Å². The highest BCUT2D eigenvalue weighted by atomic mass is 16.5. The lowest BCUT2D eigenvalue weighted by molar-refractivity contribution is -0.155. The van der Waals surface area contributed by atoms with Gasteiger partial charge in [0.15, 0.2) is 0 Å². The number of hydrogen-bond donors (Lipinski definition) is 1. The Balaban J connectivity index is 2.24. The third-order valence-electron chi connectivity index (χ3n) is 3.88. The average molecular weight is 290 g/mol. The predicted octanol–water partition coefficient (Wildman–Crippen LogP) is 1.50. The number of amides is 2. The Labute approximate surface area is 125 Å². The van der Waals surface area contributed by atoms with Crippen molar-refractivity contribution >= 4 is 11.8 Å². The van der Waals surface area contributed by atoms with Crippen molar-refractivity contribution in [3.8, 4) is 0 Å². The first-order chi connectivity index (χ1) is 9.98. The predicted molar refractivity (Wildman–Crippen MR) is 79.6 cm³/mol. The molecule has 1 aromatic carbocycles. The molecule has 2 rings (SSSR count). The summed E-state index contributed by atoms with van der Waals surface area (Å²) >= 11 is 0. The van der Waals surface area contributed by atoms with E-state index in [1.165, 1.54) is 0 Å². The molecule has 1 aliphatic heterocycles. The van der Waals surface area contributed by atoms with Crippen molar-refractivity contribution in [3.05, 3.63) is 35.9 Å². The van der Waals surface area contributed by atoms with Crippen LogP contribution >= 0.6 is 0 Å². The molecule has 21 heavy (non-hydrogen) atoms. The summed E-state index contributed by atoms with van der Waals surface area (Å²) in [6.45, 7) is 4.62. The first kappa shape index (κ1) is 15.5. The van der Waals surface area contributed by atoms with Crippen LogP contribution in [0.2, 0.25) is 0 Å². The Morgan fingerprint density at radius 1 is 1.24 bits per heavy atom. The van der Waals surface area contributed by atoms with Crippen molar-refractivity contribution in [1.82, 2.24) is 10.2 Å². The van der Waals surface area contributed by atoms with Gasteiger partial charge in [0.25, 0.3) is 5.91 Å². The second-order valence-electron chi connectivity index (χ2n) is 5.71. The molecule has 2 amide bonds. The molecule has 0 aromatic heterocycles. The maximum Gasteiger partial charge on any atom is 0.250 e. The zero-order valence-electron chi connectivity index (χ0n) is 12.8. The van der Waals surface area contributed by atoms with Crippen molar-refractivity contribution in [2.24, 2.45) is 0 Å². The summed E-state index contributed by atoms with van der Waals surface area (Å²) in [6.07, 6.45) is 0.709. The minimum absolute atomic E-state index is 0.0677. The molecule has 5 heteroatoms. The Kier molecular flexibility index (Phi) is 4.63. The monoisotopic (exact) mass is 290 g/mol. The second-order valence-corrected chi connectivity index (χ2v) is 5.71. The van der Waals surface area contributed by atoms with Crippen LogP contribution in [0, 0.1) is 0 Å². The van der Waals surface area contributed by atoms with Crippen LogP contribution < -0.4 is 5.32 Å². The van der Waals surface area contributed by atoms with Crippen LogP contribution in [0.3, 0.4) is 0 Å². The van der Waals surface area contributed by atoms with Gasteiger partial charge in [-0.05, 0) is 25.8 Å². The summed E-state index contributed by atoms with van der Waals surface area (Å²) in [6, 6.07) is 8.73. The fourth-order valence-corrected chi connectivity index (χ4v) is 2.55. The van der Waals surface area contributed by atoms with Gasteiger partial charge in [0, 0.05) is 20.3 Å². The van der Waals surface area contributed by atoms with Gasteiger partial charge in [0.2, 0.25) is 5.91 Å². The van der Waals surface area contributed by atoms with Gasteiger partial charge in [-0.3, -0.25) is 9.59 Å². The van der Waals surface area contributed by atoms with E-state index in [0.717, 1.165) is 5.56 Å². The maximum atomic E-state index is 12.8. The van der Waals surface area contributed by atoms with Crippen molar-refractivity contribution in [3.63, 3.8) is 0 Å². The molecule has 0 radical (unpaired) electrons. The topological polar surface area (TPSA) is 58.6 Å². The molecule has 1 N–H and O–H groups in total. The first-order valence-corrected chi connectivity index (χ1v) is 7.15. The van der Waals surface area contributed by atoms with Gasteiger partial charge in [0.05, 0.1) is 0 Å². The van der Waals surface area contributed by atoms with E-state index in [9.17, 15) is 9.59 Å². The number of rotatable bonds is 5. The number of carbonyl (C=O) groups excluding carboxylic acids is 2. The minimum Gasteiger partial charge on any atom is -0.385 e. The van der Waals surface area contributed by atoms with E-state index in [2.05, 4.69) is 5.32 Å². The summed E-state index contributed by atoms with van der Waals surface area (Å²) < 4.78 is 5.04. The Morgan fingerprint density at radius 3 is 2.52 bits per heavy atom. The zero-order chi connectivity index (χ0) is 15.5. The molecule has 1 aromatic rings. The molecule has 1 saturated heterocycles. The zero-order valence-corrected chi connectivity index (χ0v) is 12.8. The molecule has 1 atom stereocenters. The number of hydrogen-bond acceptors (Lipinski definition) is 3. The van der Waals surface area contributed by atoms with Crippen molar-refractivity contribution in [2.45, 2.75) is 31.8 Å². The Morgan fingerprint density at radius 2 is 1.90 bits per heavy atom. The van der Waals surface area contributed by atoms with Gasteiger partial charge in [0.1, 0.15) is 11.6 Å². The smallest absolute Gasteiger partial charge is 0.250 e. The van der Waals surface area contributed by atoms with E-state index in [0.29, 0.717) is 19.6 Å². The number of methoxy groups -OCH3 is 1. The van der Waals surface area contributed by atoms with E-state index < -0.39 is 11.6 Å². The Bertz CT molecular complexity index is 514. The van der Waals surface area contributed by atoms with Crippen LogP contribution in [-0.4, -0.2) is 42.5 Å². The van der Waals surface area contributed by atoms with Gasteiger partial charge < -0.3 is 15.0 Å². The van der Waals surface area contributed by atoms with Crippen LogP contribution in [-0.2, 0) is 14.3 Å². The standard InChI is InChI=1S/C16H22N2O3/c1-16(2)15(20)17-13(12-8-5-4-6-9-12)14(19)18(16)10-7-11-21-3/h4-6,8-9,13H,7,10-11H2,1-3H3,(H,17,20). The molecule has 5 nitrogen and oxygen atoms in total. The van der Waals surface area contributed by atoms with E-state index in [4.69, 9.17) is 4.74 Å². The molecule has 0 saturated carbocycles. The Hall–Kier alpha value is -1.88. The van der Waals surface area contributed by atoms with E-state index >= 15 is 0 Å². The summed E-state index contributed by atoms with van der Waals surface area (Å²) in [5.41, 5.74) is -0.0288. The molecule has 0 aliphatic carbocycles. The number of carbonyl (C=O) groups is 2. The molecule has 114 valence electrons. The molecular weight excluding hydrogens is 268 g/mol. The quantitative estimate of drug-likeness (QED) is 0.836. The highest BCUT2D eigenvalue weighted by Gasteiger charge is 2.46. The van der Waals surface area contributed by atoms with Crippen molar-refractivity contribution in [2.75, 3.05) is 20.3 Å². The van der Waals surface area contributed by atoms with Crippen LogP contribution in [0.25, 0.3) is 0 Å². The molecule has 1 fully saturated rings. The van der Waals surface area contributed by atoms with E-state index in [-0.39, 0.29) is 11.8 Å². The fraction of sp³-hybridized carbons (Fsp3) is 0.500. The molecule has 1 unspecified atom stereocenters. The summed E-state index contributed by atoms with van der Waals surface area (Å²) in [5.74, 6) is -0.199. The highest BCUT2D eigenvalue weighted by Crippen LogP contribution is 2.28. The lowest BCUT2D eigenvalue weighted by Gasteiger charge is -2.44. The maximum absolute atomic E-state index is 12.8. The summed E-state index contributed by atoms with van der Waals surface area (Å²) in [4.78, 5) is 26.8. The summed E-state index contributed by atoms with van der Waals surface area (Å²) in [7, 11) is 1.63. The third kappa shape index (κ3) is 3.08. The molecular formula is C16H22N2O3. The van der Waals surface area contributed by atoms with Crippen molar-refractivity contribution < 1.29 is 14.3 Å². The largest absolute Gasteiger partial charge is 0.385 e. The normalized spacial score (nSPS) is 21.3. The van der Waals surface area contributed by atoms with Crippen LogP contribution in [0.4, 0.5) is 0 Å². The third-order valence-corrected chi connectivity index (χ3v) is 3.88. The lowest BCUT2D eigenvalue weighted by atomic mass is 9.92. The van der Waals surface area contributed by atoms with Crippen LogP contribution in [0.1, 0.15) is 31.9 Å². The van der Waals surface area contributed by atoms with E-state index in [1.807, 2.05) is 30.3 Å². The van der Waals surface area contributed by atoms with E-state index in [1.54, 1.807) is 25.9 Å². The molecule has 0 bridgehead atoms. The summed E-state index contributed by atoms with van der Waals surface area (Å²) in [5, 5.41) is 2.83.